The van der Waals surface area contributed by atoms with Crippen LogP contribution >= 0.6 is 0 Å². The molecular formula is C15H20N4O3. The Morgan fingerprint density at radius 2 is 2.14 bits per heavy atom. The van der Waals surface area contributed by atoms with E-state index in [2.05, 4.69) is 15.2 Å². The molecule has 2 amide bonds. The average molecular weight is 304 g/mol. The predicted octanol–water partition coefficient (Wildman–Crippen LogP) is -0.121. The topological polar surface area (TPSA) is 74.8 Å². The van der Waals surface area contributed by atoms with Crippen LogP contribution in [-0.2, 0) is 9.53 Å². The number of carbonyl (C=O) groups is 2. The maximum atomic E-state index is 12.3. The molecule has 2 saturated heterocycles. The second kappa shape index (κ2) is 6.31. The van der Waals surface area contributed by atoms with Crippen LogP contribution in [0.2, 0.25) is 0 Å². The molecule has 7 nitrogen and oxygen atoms in total. The standard InChI is InChI=1S/C15H20N4O3/c1-18-5-3-12(15(18)21)17-14(20)13-10-11(2-4-16-13)19-6-8-22-9-7-19/h2,4,10,12H,3,5-9H2,1H3,(H,17,20). The van der Waals surface area contributed by atoms with Crippen molar-refractivity contribution in [3.8, 4) is 0 Å². The molecule has 1 aromatic heterocycles. The highest BCUT2D eigenvalue weighted by molar-refractivity contribution is 5.97. The third-order valence-electron chi connectivity index (χ3n) is 4.09. The molecule has 3 heterocycles. The summed E-state index contributed by atoms with van der Waals surface area (Å²) in [5, 5.41) is 2.77. The van der Waals surface area contributed by atoms with Crippen molar-refractivity contribution in [1.82, 2.24) is 15.2 Å². The fourth-order valence-corrected chi connectivity index (χ4v) is 2.75. The van der Waals surface area contributed by atoms with Gasteiger partial charge in [-0.25, -0.2) is 0 Å². The first-order chi connectivity index (χ1) is 10.6. The molecule has 0 radical (unpaired) electrons. The van der Waals surface area contributed by atoms with Gasteiger partial charge in [0.1, 0.15) is 11.7 Å². The Morgan fingerprint density at radius 1 is 1.36 bits per heavy atom. The van der Waals surface area contributed by atoms with Gasteiger partial charge in [0.15, 0.2) is 0 Å². The van der Waals surface area contributed by atoms with Crippen LogP contribution in [0.5, 0.6) is 0 Å². The summed E-state index contributed by atoms with van der Waals surface area (Å²) in [6.45, 7) is 3.65. The van der Waals surface area contributed by atoms with Crippen molar-refractivity contribution in [3.63, 3.8) is 0 Å². The number of likely N-dealkylation sites (N-methyl/N-ethyl adjacent to an activating group) is 1. The summed E-state index contributed by atoms with van der Waals surface area (Å²) in [4.78, 5) is 32.1. The van der Waals surface area contributed by atoms with E-state index in [1.165, 1.54) is 0 Å². The van der Waals surface area contributed by atoms with Crippen LogP contribution in [0.3, 0.4) is 0 Å². The lowest BCUT2D eigenvalue weighted by molar-refractivity contribution is -0.128. The van der Waals surface area contributed by atoms with Crippen LogP contribution in [0.25, 0.3) is 0 Å². The van der Waals surface area contributed by atoms with Gasteiger partial charge in [-0.2, -0.15) is 0 Å². The third kappa shape index (κ3) is 3.04. The number of carbonyl (C=O) groups excluding carboxylic acids is 2. The molecule has 7 heteroatoms. The van der Waals surface area contributed by atoms with Crippen molar-refractivity contribution < 1.29 is 14.3 Å². The summed E-state index contributed by atoms with van der Waals surface area (Å²) in [7, 11) is 1.74. The van der Waals surface area contributed by atoms with E-state index < -0.39 is 6.04 Å². The summed E-state index contributed by atoms with van der Waals surface area (Å²) >= 11 is 0. The Kier molecular flexibility index (Phi) is 4.24. The van der Waals surface area contributed by atoms with E-state index in [4.69, 9.17) is 4.74 Å². The van der Waals surface area contributed by atoms with Gasteiger partial charge in [0.2, 0.25) is 5.91 Å². The number of likely N-dealkylation sites (tertiary alicyclic amines) is 1. The van der Waals surface area contributed by atoms with E-state index >= 15 is 0 Å². The highest BCUT2D eigenvalue weighted by Crippen LogP contribution is 2.16. The average Bonchev–Trinajstić information content (AvgIpc) is 2.88. The monoisotopic (exact) mass is 304 g/mol. The number of hydrogen-bond acceptors (Lipinski definition) is 5. The SMILES string of the molecule is CN1CCC(NC(=O)c2cc(N3CCOCC3)ccn2)C1=O. The Morgan fingerprint density at radius 3 is 2.82 bits per heavy atom. The molecule has 0 spiro atoms. The molecule has 0 aromatic carbocycles. The molecule has 0 aliphatic carbocycles. The van der Waals surface area contributed by atoms with Gasteiger partial charge in [-0.05, 0) is 18.6 Å². The predicted molar refractivity (Wildman–Crippen MR) is 80.8 cm³/mol. The highest BCUT2D eigenvalue weighted by atomic mass is 16.5. The number of nitrogens with zero attached hydrogens (tertiary/aromatic N) is 3. The number of rotatable bonds is 3. The largest absolute Gasteiger partial charge is 0.378 e. The molecule has 118 valence electrons. The number of ether oxygens (including phenoxy) is 1. The summed E-state index contributed by atoms with van der Waals surface area (Å²) in [5.41, 5.74) is 1.30. The van der Waals surface area contributed by atoms with E-state index in [1.807, 2.05) is 6.07 Å². The van der Waals surface area contributed by atoms with Crippen LogP contribution in [0.15, 0.2) is 18.3 Å². The number of anilines is 1. The van der Waals surface area contributed by atoms with Gasteiger partial charge < -0.3 is 19.9 Å². The van der Waals surface area contributed by atoms with Crippen molar-refractivity contribution in [2.45, 2.75) is 12.5 Å². The maximum Gasteiger partial charge on any atom is 0.270 e. The minimum atomic E-state index is -0.439. The molecule has 1 aromatic rings. The van der Waals surface area contributed by atoms with Crippen LogP contribution in [0, 0.1) is 0 Å². The van der Waals surface area contributed by atoms with Crippen LogP contribution in [0.1, 0.15) is 16.9 Å². The van der Waals surface area contributed by atoms with Gasteiger partial charge in [-0.15, -0.1) is 0 Å². The molecular weight excluding hydrogens is 284 g/mol. The first kappa shape index (κ1) is 14.8. The zero-order valence-electron chi connectivity index (χ0n) is 12.6. The van der Waals surface area contributed by atoms with E-state index in [0.717, 1.165) is 18.8 Å². The quantitative estimate of drug-likeness (QED) is 0.842. The van der Waals surface area contributed by atoms with E-state index in [1.54, 1.807) is 24.2 Å². The van der Waals surface area contributed by atoms with Crippen LogP contribution in [0.4, 0.5) is 5.69 Å². The smallest absolute Gasteiger partial charge is 0.270 e. The number of morpholine rings is 1. The van der Waals surface area contributed by atoms with Crippen LogP contribution in [-0.4, -0.2) is 67.6 Å². The van der Waals surface area contributed by atoms with Crippen LogP contribution < -0.4 is 10.2 Å². The molecule has 1 atom stereocenters. The molecule has 0 bridgehead atoms. The number of amides is 2. The van der Waals surface area contributed by atoms with E-state index in [9.17, 15) is 9.59 Å². The Bertz CT molecular complexity index is 572. The summed E-state index contributed by atoms with van der Waals surface area (Å²) in [6, 6.07) is 3.21. The second-order valence-electron chi connectivity index (χ2n) is 5.57. The zero-order chi connectivity index (χ0) is 15.5. The Labute approximate surface area is 129 Å². The Hall–Kier alpha value is -2.15. The second-order valence-corrected chi connectivity index (χ2v) is 5.57. The van der Waals surface area contributed by atoms with Crippen molar-refractivity contribution >= 4 is 17.5 Å². The molecule has 22 heavy (non-hydrogen) atoms. The van der Waals surface area contributed by atoms with E-state index in [-0.39, 0.29) is 11.8 Å². The van der Waals surface area contributed by atoms with Gasteiger partial charge in [-0.1, -0.05) is 0 Å². The fraction of sp³-hybridized carbons (Fsp3) is 0.533. The van der Waals surface area contributed by atoms with Crippen molar-refractivity contribution in [3.05, 3.63) is 24.0 Å². The van der Waals surface area contributed by atoms with Crippen molar-refractivity contribution in [2.24, 2.45) is 0 Å². The Balaban J connectivity index is 1.68. The van der Waals surface area contributed by atoms with Gasteiger partial charge in [0.25, 0.3) is 5.91 Å². The number of aromatic nitrogens is 1. The van der Waals surface area contributed by atoms with Gasteiger partial charge in [0.05, 0.1) is 13.2 Å². The summed E-state index contributed by atoms with van der Waals surface area (Å²) < 4.78 is 5.33. The molecule has 2 aliphatic heterocycles. The first-order valence-corrected chi connectivity index (χ1v) is 7.50. The first-order valence-electron chi connectivity index (χ1n) is 7.50. The lowest BCUT2D eigenvalue weighted by Gasteiger charge is -2.28. The molecule has 0 saturated carbocycles. The maximum absolute atomic E-state index is 12.3. The lowest BCUT2D eigenvalue weighted by Crippen LogP contribution is -2.41. The van der Waals surface area contributed by atoms with Gasteiger partial charge in [0, 0.05) is 38.6 Å². The minimum absolute atomic E-state index is 0.0438. The minimum Gasteiger partial charge on any atom is -0.378 e. The lowest BCUT2D eigenvalue weighted by atomic mass is 10.2. The number of hydrogen-bond donors (Lipinski definition) is 1. The number of pyridine rings is 1. The fourth-order valence-electron chi connectivity index (χ4n) is 2.75. The van der Waals surface area contributed by atoms with Gasteiger partial charge >= 0.3 is 0 Å². The van der Waals surface area contributed by atoms with E-state index in [0.29, 0.717) is 31.9 Å². The highest BCUT2D eigenvalue weighted by Gasteiger charge is 2.30. The molecule has 3 rings (SSSR count). The zero-order valence-corrected chi connectivity index (χ0v) is 12.6. The summed E-state index contributed by atoms with van der Waals surface area (Å²) in [5.74, 6) is -0.346. The van der Waals surface area contributed by atoms with Crippen molar-refractivity contribution in [1.29, 1.82) is 0 Å². The summed E-state index contributed by atoms with van der Waals surface area (Å²) in [6.07, 6.45) is 2.27. The number of nitrogens with one attached hydrogen (secondary N) is 1. The normalized spacial score (nSPS) is 22.0. The van der Waals surface area contributed by atoms with Gasteiger partial charge in [-0.3, -0.25) is 14.6 Å². The molecule has 2 aliphatic rings. The molecule has 1 N–H and O–H groups in total. The van der Waals surface area contributed by atoms with Crippen molar-refractivity contribution in [2.75, 3.05) is 44.8 Å². The third-order valence-corrected chi connectivity index (χ3v) is 4.09. The molecule has 2 fully saturated rings. The molecule has 1 unspecified atom stereocenters.